The summed E-state index contributed by atoms with van der Waals surface area (Å²) in [6, 6.07) is 5.84. The lowest BCUT2D eigenvalue weighted by Crippen LogP contribution is -2.41. The van der Waals surface area contributed by atoms with Crippen molar-refractivity contribution in [2.24, 2.45) is 5.92 Å². The van der Waals surface area contributed by atoms with Crippen molar-refractivity contribution < 1.29 is 9.90 Å². The summed E-state index contributed by atoms with van der Waals surface area (Å²) in [4.78, 5) is 11.3. The number of carbonyl (C=O) groups is 1. The number of carboxylic acid groups (broad SMARTS) is 1. The number of fused-ring (bicyclic) bond motifs is 3. The number of benzene rings is 1. The number of allylic oxidation sites excluding steroid dienone is 2. The Kier molecular flexibility index (Phi) is 2.62. The molecule has 0 saturated carbocycles. The first-order valence-corrected chi connectivity index (χ1v) is 6.49. The summed E-state index contributed by atoms with van der Waals surface area (Å²) in [6.07, 6.45) is 6.14. The van der Waals surface area contributed by atoms with E-state index in [9.17, 15) is 9.90 Å². The van der Waals surface area contributed by atoms with E-state index in [1.54, 1.807) is 0 Å². The van der Waals surface area contributed by atoms with Crippen LogP contribution in [0.4, 0.5) is 5.69 Å². The third-order valence-corrected chi connectivity index (χ3v) is 4.10. The number of anilines is 1. The molecule has 1 aliphatic heterocycles. The Hall–Kier alpha value is -1.77. The van der Waals surface area contributed by atoms with Crippen LogP contribution in [0, 0.1) is 5.92 Å². The van der Waals surface area contributed by atoms with Gasteiger partial charge in [0, 0.05) is 17.5 Å². The summed E-state index contributed by atoms with van der Waals surface area (Å²) in [7, 11) is 0. The van der Waals surface area contributed by atoms with Gasteiger partial charge in [-0.1, -0.05) is 31.2 Å². The molecule has 0 fully saturated rings. The van der Waals surface area contributed by atoms with Gasteiger partial charge in [0.25, 0.3) is 0 Å². The first kappa shape index (κ1) is 11.3. The predicted octanol–water partition coefficient (Wildman–Crippen LogP) is 2.79. The minimum Gasteiger partial charge on any atom is -0.480 e. The molecule has 3 atom stereocenters. The number of hydrogen-bond donors (Lipinski definition) is 2. The van der Waals surface area contributed by atoms with E-state index >= 15 is 0 Å². The highest BCUT2D eigenvalue weighted by Crippen LogP contribution is 2.44. The van der Waals surface area contributed by atoms with Crippen LogP contribution in [0.25, 0.3) is 0 Å². The maximum atomic E-state index is 11.3. The molecule has 2 N–H and O–H groups in total. The number of carboxylic acids is 1. The smallest absolute Gasteiger partial charge is 0.326 e. The number of nitrogens with one attached hydrogen (secondary N) is 1. The van der Waals surface area contributed by atoms with Crippen molar-refractivity contribution in [1.82, 2.24) is 0 Å². The Balaban J connectivity index is 2.06. The fourth-order valence-corrected chi connectivity index (χ4v) is 3.11. The quantitative estimate of drug-likeness (QED) is 0.785. The molecule has 0 unspecified atom stereocenters. The zero-order chi connectivity index (χ0) is 12.7. The minimum absolute atomic E-state index is 0.155. The van der Waals surface area contributed by atoms with Gasteiger partial charge in [-0.2, -0.15) is 0 Å². The van der Waals surface area contributed by atoms with Crippen molar-refractivity contribution in [2.75, 3.05) is 5.32 Å². The zero-order valence-electron chi connectivity index (χ0n) is 10.4. The molecule has 1 aliphatic carbocycles. The molecule has 2 aliphatic rings. The van der Waals surface area contributed by atoms with Gasteiger partial charge in [0.05, 0.1) is 0 Å². The van der Waals surface area contributed by atoms with Crippen LogP contribution in [-0.2, 0) is 11.2 Å². The van der Waals surface area contributed by atoms with Crippen molar-refractivity contribution >= 4 is 11.7 Å². The van der Waals surface area contributed by atoms with E-state index in [0.717, 1.165) is 18.5 Å². The Morgan fingerprint density at radius 3 is 3.06 bits per heavy atom. The van der Waals surface area contributed by atoms with Gasteiger partial charge in [-0.15, -0.1) is 0 Å². The average Bonchev–Trinajstić information content (AvgIpc) is 2.86. The molecular weight excluding hydrogens is 226 g/mol. The fraction of sp³-hybridized carbons (Fsp3) is 0.400. The van der Waals surface area contributed by atoms with Gasteiger partial charge in [-0.3, -0.25) is 0 Å². The van der Waals surface area contributed by atoms with E-state index in [1.807, 2.05) is 6.07 Å². The molecule has 94 valence electrons. The molecule has 3 nitrogen and oxygen atoms in total. The number of aliphatic carboxylic acids is 1. The van der Waals surface area contributed by atoms with E-state index < -0.39 is 12.0 Å². The van der Waals surface area contributed by atoms with E-state index in [2.05, 4.69) is 36.5 Å². The summed E-state index contributed by atoms with van der Waals surface area (Å²) in [5, 5.41) is 12.5. The second kappa shape index (κ2) is 4.16. The first-order chi connectivity index (χ1) is 8.70. The van der Waals surface area contributed by atoms with Gasteiger partial charge < -0.3 is 10.4 Å². The molecule has 0 amide bonds. The van der Waals surface area contributed by atoms with Crippen molar-refractivity contribution in [3.63, 3.8) is 0 Å². The summed E-state index contributed by atoms with van der Waals surface area (Å²) in [6.45, 7) is 2.14. The van der Waals surface area contributed by atoms with Crippen LogP contribution in [0.2, 0.25) is 0 Å². The maximum absolute atomic E-state index is 11.3. The van der Waals surface area contributed by atoms with Crippen LogP contribution in [0.5, 0.6) is 0 Å². The monoisotopic (exact) mass is 243 g/mol. The summed E-state index contributed by atoms with van der Waals surface area (Å²) < 4.78 is 0. The van der Waals surface area contributed by atoms with Gasteiger partial charge in [0.1, 0.15) is 6.04 Å². The molecule has 1 aromatic carbocycles. The SMILES string of the molecule is CCc1ccc2c(c1)[C@H]1C=CC[C@H]1[C@H](C(=O)O)N2. The molecule has 18 heavy (non-hydrogen) atoms. The fourth-order valence-electron chi connectivity index (χ4n) is 3.11. The van der Waals surface area contributed by atoms with Crippen molar-refractivity contribution in [2.45, 2.75) is 31.7 Å². The summed E-state index contributed by atoms with van der Waals surface area (Å²) >= 11 is 0. The van der Waals surface area contributed by atoms with E-state index in [1.165, 1.54) is 11.1 Å². The second-order valence-corrected chi connectivity index (χ2v) is 5.09. The highest BCUT2D eigenvalue weighted by molar-refractivity contribution is 5.80. The predicted molar refractivity (Wildman–Crippen MR) is 70.9 cm³/mol. The van der Waals surface area contributed by atoms with Gasteiger partial charge in [-0.05, 0) is 30.0 Å². The van der Waals surface area contributed by atoms with E-state index in [-0.39, 0.29) is 11.8 Å². The maximum Gasteiger partial charge on any atom is 0.326 e. The molecule has 0 aromatic heterocycles. The number of rotatable bonds is 2. The molecule has 1 aromatic rings. The van der Waals surface area contributed by atoms with Crippen LogP contribution in [0.3, 0.4) is 0 Å². The lowest BCUT2D eigenvalue weighted by Gasteiger charge is -2.35. The van der Waals surface area contributed by atoms with Gasteiger partial charge >= 0.3 is 5.97 Å². The standard InChI is InChI=1S/C15H17NO2/c1-2-9-6-7-13-12(8-9)10-4-3-5-11(10)14(16-13)15(17)18/h3-4,6-8,10-11,14,16H,2,5H2,1H3,(H,17,18)/t10-,11+,14+/m0/s1. The second-order valence-electron chi connectivity index (χ2n) is 5.09. The number of hydrogen-bond acceptors (Lipinski definition) is 2. The first-order valence-electron chi connectivity index (χ1n) is 6.49. The lowest BCUT2D eigenvalue weighted by atomic mass is 9.79. The highest BCUT2D eigenvalue weighted by Gasteiger charge is 2.40. The van der Waals surface area contributed by atoms with Crippen LogP contribution in [0.15, 0.2) is 30.4 Å². The summed E-state index contributed by atoms with van der Waals surface area (Å²) in [5.74, 6) is -0.338. The van der Waals surface area contributed by atoms with Crippen LogP contribution in [0.1, 0.15) is 30.4 Å². The minimum atomic E-state index is -0.751. The molecule has 0 spiro atoms. The van der Waals surface area contributed by atoms with Gasteiger partial charge in [0.2, 0.25) is 0 Å². The van der Waals surface area contributed by atoms with E-state index in [0.29, 0.717) is 0 Å². The molecule has 1 heterocycles. The highest BCUT2D eigenvalue weighted by atomic mass is 16.4. The molecule has 0 saturated heterocycles. The molecule has 0 radical (unpaired) electrons. The Morgan fingerprint density at radius 2 is 2.33 bits per heavy atom. The van der Waals surface area contributed by atoms with E-state index in [4.69, 9.17) is 0 Å². The normalized spacial score (nSPS) is 28.4. The third-order valence-electron chi connectivity index (χ3n) is 4.10. The van der Waals surface area contributed by atoms with Gasteiger partial charge in [-0.25, -0.2) is 4.79 Å². The topological polar surface area (TPSA) is 49.3 Å². The molecule has 3 rings (SSSR count). The van der Waals surface area contributed by atoms with Crippen LogP contribution in [-0.4, -0.2) is 17.1 Å². The van der Waals surface area contributed by atoms with Crippen molar-refractivity contribution in [3.8, 4) is 0 Å². The van der Waals surface area contributed by atoms with Crippen LogP contribution < -0.4 is 5.32 Å². The summed E-state index contributed by atoms with van der Waals surface area (Å²) in [5.41, 5.74) is 3.54. The average molecular weight is 243 g/mol. The zero-order valence-corrected chi connectivity index (χ0v) is 10.4. The Morgan fingerprint density at radius 1 is 1.50 bits per heavy atom. The molecular formula is C15H17NO2. The van der Waals surface area contributed by atoms with Gasteiger partial charge in [0.15, 0.2) is 0 Å². The molecule has 0 bridgehead atoms. The number of aryl methyl sites for hydroxylation is 1. The van der Waals surface area contributed by atoms with Crippen LogP contribution >= 0.6 is 0 Å². The Bertz CT molecular complexity index is 521. The lowest BCUT2D eigenvalue weighted by molar-refractivity contribution is -0.139. The molecule has 3 heteroatoms. The largest absolute Gasteiger partial charge is 0.480 e. The Labute approximate surface area is 107 Å². The third kappa shape index (κ3) is 1.62. The van der Waals surface area contributed by atoms with Crippen molar-refractivity contribution in [1.29, 1.82) is 0 Å². The van der Waals surface area contributed by atoms with Crippen molar-refractivity contribution in [3.05, 3.63) is 41.5 Å².